The van der Waals surface area contributed by atoms with E-state index in [1.165, 1.54) is 128 Å². The Morgan fingerprint density at radius 1 is 0.512 bits per heavy atom. The Labute approximate surface area is 252 Å². The van der Waals surface area contributed by atoms with Gasteiger partial charge in [0.25, 0.3) is 0 Å². The van der Waals surface area contributed by atoms with E-state index in [2.05, 4.69) is 26.0 Å². The Morgan fingerprint density at radius 3 is 1.20 bits per heavy atom. The van der Waals surface area contributed by atoms with E-state index in [1.54, 1.807) is 0 Å². The molecule has 0 aliphatic carbocycles. The molecule has 2 atom stereocenters. The van der Waals surface area contributed by atoms with Gasteiger partial charge < -0.3 is 14.9 Å². The highest BCUT2D eigenvalue weighted by atomic mass is 17.0. The number of aliphatic carboxylic acids is 2. The fraction of sp³-hybridized carbons (Fsp3) is 0.882. The Morgan fingerprint density at radius 2 is 0.829 bits per heavy atom. The number of allylic oxidation sites excluding steroid dienone is 2. The van der Waals surface area contributed by atoms with Crippen LogP contribution in [0.25, 0.3) is 0 Å². The van der Waals surface area contributed by atoms with E-state index in [1.807, 2.05) is 0 Å². The van der Waals surface area contributed by atoms with E-state index in [4.69, 9.17) is 25.5 Å². The first-order valence-electron chi connectivity index (χ1n) is 16.9. The predicted molar refractivity (Wildman–Crippen MR) is 170 cm³/mol. The van der Waals surface area contributed by atoms with Gasteiger partial charge in [0.2, 0.25) is 0 Å². The molecule has 2 unspecified atom stereocenters. The first-order chi connectivity index (χ1) is 20.0. The quantitative estimate of drug-likeness (QED) is 0.0236. The Kier molecular flexibility index (Phi) is 35.3. The highest BCUT2D eigenvalue weighted by Crippen LogP contribution is 2.31. The van der Waals surface area contributed by atoms with E-state index in [9.17, 15) is 9.59 Å². The highest BCUT2D eigenvalue weighted by Gasteiger charge is 2.36. The molecule has 0 aromatic heterocycles. The van der Waals surface area contributed by atoms with Gasteiger partial charge in [0.05, 0.1) is 12.2 Å². The topological polar surface area (TPSA) is 128 Å². The molecule has 0 aromatic rings. The molecule has 1 rings (SSSR count). The number of unbranched alkanes of at least 4 members (excludes halogenated alkanes) is 18. The van der Waals surface area contributed by atoms with Crippen molar-refractivity contribution in [1.82, 2.24) is 0 Å². The van der Waals surface area contributed by atoms with Gasteiger partial charge in [0.1, 0.15) is 0 Å². The number of ether oxygens (including phenoxy) is 1. The van der Waals surface area contributed by atoms with Crippen LogP contribution in [0.4, 0.5) is 0 Å². The van der Waals surface area contributed by atoms with Crippen LogP contribution in [0.3, 0.4) is 0 Å². The number of carboxylic acid groups (broad SMARTS) is 2. The standard InChI is InChI=1S/C17H32O3.C17H32O2.H2O2/c1-2-3-4-6-9-12-15-16(20-15)13-10-7-5-8-11-14-17(18)19;1-2-3-4-5-6-7-8-9-10-11-12-13-14-15-16-17(18)19;1-2/h15-16H,2-14H2,1H3,(H,18,19);8-9H,2-7,10-16H2,1H3,(H,18,19);1-2H/b;9-8+;. The molecule has 41 heavy (non-hydrogen) atoms. The van der Waals surface area contributed by atoms with Crippen molar-refractivity contribution < 1.29 is 35.1 Å². The molecule has 0 bridgehead atoms. The first kappa shape index (κ1) is 41.7. The highest BCUT2D eigenvalue weighted by molar-refractivity contribution is 5.66. The molecule has 4 N–H and O–H groups in total. The van der Waals surface area contributed by atoms with Crippen molar-refractivity contribution >= 4 is 11.9 Å². The van der Waals surface area contributed by atoms with Crippen molar-refractivity contribution in [2.24, 2.45) is 0 Å². The number of hydrogen-bond acceptors (Lipinski definition) is 5. The van der Waals surface area contributed by atoms with Crippen LogP contribution in [0.1, 0.15) is 181 Å². The van der Waals surface area contributed by atoms with Crippen LogP contribution in [0.5, 0.6) is 0 Å². The van der Waals surface area contributed by atoms with Gasteiger partial charge in [-0.2, -0.15) is 0 Å². The molecule has 0 radical (unpaired) electrons. The third-order valence-corrected chi connectivity index (χ3v) is 7.56. The molecule has 7 heteroatoms. The van der Waals surface area contributed by atoms with Gasteiger partial charge in [-0.15, -0.1) is 0 Å². The zero-order valence-corrected chi connectivity index (χ0v) is 26.7. The second-order valence-corrected chi connectivity index (χ2v) is 11.5. The van der Waals surface area contributed by atoms with Crippen LogP contribution in [0.15, 0.2) is 12.2 Å². The van der Waals surface area contributed by atoms with Crippen LogP contribution in [-0.2, 0) is 14.3 Å². The SMILES string of the molecule is CCCCCCC/C=C/CCCCCCCC(=O)O.CCCCCCCC1OC1CCCCCCCC(=O)O.OO. The normalized spacial score (nSPS) is 15.6. The lowest BCUT2D eigenvalue weighted by Crippen LogP contribution is -1.95. The van der Waals surface area contributed by atoms with E-state index in [0.29, 0.717) is 25.0 Å². The second-order valence-electron chi connectivity index (χ2n) is 11.5. The maximum atomic E-state index is 10.3. The lowest BCUT2D eigenvalue weighted by Gasteiger charge is -2.00. The molecule has 0 aromatic carbocycles. The lowest BCUT2D eigenvalue weighted by atomic mass is 10.0. The van der Waals surface area contributed by atoms with Crippen molar-refractivity contribution in [2.45, 2.75) is 193 Å². The minimum atomic E-state index is -0.668. The van der Waals surface area contributed by atoms with Crippen molar-refractivity contribution in [2.75, 3.05) is 0 Å². The summed E-state index contributed by atoms with van der Waals surface area (Å²) in [4.78, 5) is 20.7. The van der Waals surface area contributed by atoms with Gasteiger partial charge in [-0.3, -0.25) is 20.1 Å². The average molecular weight is 587 g/mol. The Bertz CT molecular complexity index is 579. The fourth-order valence-corrected chi connectivity index (χ4v) is 4.96. The van der Waals surface area contributed by atoms with Gasteiger partial charge in [0, 0.05) is 12.8 Å². The van der Waals surface area contributed by atoms with Crippen molar-refractivity contribution in [3.8, 4) is 0 Å². The van der Waals surface area contributed by atoms with Crippen LogP contribution in [-0.4, -0.2) is 44.9 Å². The lowest BCUT2D eigenvalue weighted by molar-refractivity contribution is -0.176. The molecule has 1 saturated heterocycles. The molecule has 1 fully saturated rings. The molecule has 0 saturated carbocycles. The van der Waals surface area contributed by atoms with Crippen LogP contribution in [0, 0.1) is 0 Å². The third kappa shape index (κ3) is 36.5. The van der Waals surface area contributed by atoms with Crippen molar-refractivity contribution in [3.63, 3.8) is 0 Å². The monoisotopic (exact) mass is 586 g/mol. The smallest absolute Gasteiger partial charge is 0.303 e. The zero-order chi connectivity index (χ0) is 30.8. The van der Waals surface area contributed by atoms with Gasteiger partial charge in [-0.1, -0.05) is 129 Å². The third-order valence-electron chi connectivity index (χ3n) is 7.56. The second kappa shape index (κ2) is 34.8. The van der Waals surface area contributed by atoms with Crippen molar-refractivity contribution in [1.29, 1.82) is 0 Å². The van der Waals surface area contributed by atoms with Crippen LogP contribution >= 0.6 is 0 Å². The molecular formula is C34H66O7. The van der Waals surface area contributed by atoms with E-state index in [0.717, 1.165) is 25.7 Å². The summed E-state index contributed by atoms with van der Waals surface area (Å²) in [5, 5.41) is 29.0. The molecule has 0 amide bonds. The minimum absolute atomic E-state index is 0.325. The molecule has 1 aliphatic heterocycles. The summed E-state index contributed by atoms with van der Waals surface area (Å²) in [5.41, 5.74) is 0. The summed E-state index contributed by atoms with van der Waals surface area (Å²) < 4.78 is 5.70. The Hall–Kier alpha value is -1.44. The number of carboxylic acids is 2. The molecular weight excluding hydrogens is 520 g/mol. The number of rotatable bonds is 28. The van der Waals surface area contributed by atoms with Gasteiger partial charge in [-0.05, 0) is 51.4 Å². The predicted octanol–water partition coefficient (Wildman–Crippen LogP) is 10.7. The molecule has 7 nitrogen and oxygen atoms in total. The van der Waals surface area contributed by atoms with E-state index >= 15 is 0 Å². The number of epoxide rings is 1. The summed E-state index contributed by atoms with van der Waals surface area (Å²) in [7, 11) is 0. The van der Waals surface area contributed by atoms with Gasteiger partial charge in [-0.25, -0.2) is 0 Å². The summed E-state index contributed by atoms with van der Waals surface area (Å²) in [5.74, 6) is -1.33. The molecule has 1 heterocycles. The summed E-state index contributed by atoms with van der Waals surface area (Å²) >= 11 is 0. The number of hydrogen-bond donors (Lipinski definition) is 4. The maximum Gasteiger partial charge on any atom is 0.303 e. The average Bonchev–Trinajstić information content (AvgIpc) is 3.71. The molecule has 0 spiro atoms. The first-order valence-corrected chi connectivity index (χ1v) is 16.9. The summed E-state index contributed by atoms with van der Waals surface area (Å²) in [6, 6.07) is 0. The van der Waals surface area contributed by atoms with E-state index in [-0.39, 0.29) is 0 Å². The van der Waals surface area contributed by atoms with Gasteiger partial charge >= 0.3 is 11.9 Å². The minimum Gasteiger partial charge on any atom is -0.481 e. The fourth-order valence-electron chi connectivity index (χ4n) is 4.96. The van der Waals surface area contributed by atoms with Crippen LogP contribution < -0.4 is 0 Å². The Balaban J connectivity index is 0. The van der Waals surface area contributed by atoms with Crippen LogP contribution in [0.2, 0.25) is 0 Å². The largest absolute Gasteiger partial charge is 0.481 e. The summed E-state index contributed by atoms with van der Waals surface area (Å²) in [6.45, 7) is 4.50. The zero-order valence-electron chi connectivity index (χ0n) is 26.7. The summed E-state index contributed by atoms with van der Waals surface area (Å²) in [6.07, 6.45) is 35.9. The maximum absolute atomic E-state index is 10.3. The number of carbonyl (C=O) groups is 2. The van der Waals surface area contributed by atoms with E-state index < -0.39 is 11.9 Å². The van der Waals surface area contributed by atoms with Gasteiger partial charge in [0.15, 0.2) is 0 Å². The molecule has 244 valence electrons. The molecule has 1 aliphatic rings. The van der Waals surface area contributed by atoms with Crippen molar-refractivity contribution in [3.05, 3.63) is 12.2 Å².